The quantitative estimate of drug-likeness (QED) is 0.748. The molecule has 0 bridgehead atoms. The summed E-state index contributed by atoms with van der Waals surface area (Å²) in [4.78, 5) is 27.0. The van der Waals surface area contributed by atoms with Crippen LogP contribution in [0.25, 0.3) is 0 Å². The molecule has 0 N–H and O–H groups in total. The number of carbonyl (C=O) groups excluding carboxylic acids is 2. The van der Waals surface area contributed by atoms with Crippen molar-refractivity contribution >= 4 is 11.9 Å². The number of carbonyl (C=O) groups is 2. The van der Waals surface area contributed by atoms with Gasteiger partial charge in [-0.15, -0.1) is 0 Å². The van der Waals surface area contributed by atoms with Gasteiger partial charge in [0, 0.05) is 18.8 Å². The third kappa shape index (κ3) is 4.36. The van der Waals surface area contributed by atoms with Crippen LogP contribution < -0.4 is 0 Å². The van der Waals surface area contributed by atoms with Crippen molar-refractivity contribution in [3.05, 3.63) is 22.9 Å². The molecule has 2 rings (SSSR count). The summed E-state index contributed by atoms with van der Waals surface area (Å²) in [5.41, 5.74) is 1.72. The highest BCUT2D eigenvalue weighted by molar-refractivity contribution is 6.07. The predicted molar refractivity (Wildman–Crippen MR) is 87.7 cm³/mol. The van der Waals surface area contributed by atoms with Crippen molar-refractivity contribution in [2.45, 2.75) is 51.4 Å². The van der Waals surface area contributed by atoms with Gasteiger partial charge in [-0.2, -0.15) is 0 Å². The molecular formula is C18H27NO4. The fourth-order valence-corrected chi connectivity index (χ4v) is 3.35. The molecule has 0 amide bonds. The molecule has 0 spiro atoms. The van der Waals surface area contributed by atoms with Gasteiger partial charge in [0.1, 0.15) is 0 Å². The lowest BCUT2D eigenvalue weighted by molar-refractivity contribution is -0.139. The summed E-state index contributed by atoms with van der Waals surface area (Å²) in [5.74, 6) is -0.896. The zero-order valence-electron chi connectivity index (χ0n) is 14.2. The van der Waals surface area contributed by atoms with E-state index in [1.807, 2.05) is 6.08 Å². The Bertz CT molecular complexity index is 501. The number of ether oxygens (including phenoxy) is 2. The first kappa shape index (κ1) is 17.6. The topological polar surface area (TPSA) is 55.8 Å². The smallest absolute Gasteiger partial charge is 0.340 e. The van der Waals surface area contributed by atoms with E-state index >= 15 is 0 Å². The maximum Gasteiger partial charge on any atom is 0.340 e. The third-order valence-electron chi connectivity index (χ3n) is 4.56. The van der Waals surface area contributed by atoms with E-state index in [4.69, 9.17) is 9.47 Å². The number of allylic oxidation sites excluding steroid dienone is 2. The van der Waals surface area contributed by atoms with Crippen LogP contribution in [-0.4, -0.2) is 44.1 Å². The number of methoxy groups -OCH3 is 2. The minimum Gasteiger partial charge on any atom is -0.465 e. The monoisotopic (exact) mass is 321 g/mol. The maximum absolute atomic E-state index is 12.5. The zero-order valence-corrected chi connectivity index (χ0v) is 14.2. The molecule has 5 nitrogen and oxygen atoms in total. The minimum absolute atomic E-state index is 0.364. The van der Waals surface area contributed by atoms with Crippen LogP contribution in [0, 0.1) is 0 Å². The van der Waals surface area contributed by atoms with Gasteiger partial charge in [0.15, 0.2) is 0 Å². The van der Waals surface area contributed by atoms with E-state index in [2.05, 4.69) is 4.90 Å². The SMILES string of the molecule is COC(=O)C1=C\CCCCCC/C(N2CCCC2)=C\1C(=O)OC. The van der Waals surface area contributed by atoms with Gasteiger partial charge < -0.3 is 14.4 Å². The van der Waals surface area contributed by atoms with Gasteiger partial charge in [-0.3, -0.25) is 0 Å². The van der Waals surface area contributed by atoms with Gasteiger partial charge in [-0.1, -0.05) is 18.9 Å². The first-order valence-electron chi connectivity index (χ1n) is 8.54. The molecule has 0 atom stereocenters. The number of likely N-dealkylation sites (tertiary alicyclic amines) is 1. The molecule has 0 unspecified atom stereocenters. The van der Waals surface area contributed by atoms with E-state index < -0.39 is 11.9 Å². The Kier molecular flexibility index (Phi) is 6.68. The highest BCUT2D eigenvalue weighted by Gasteiger charge is 2.29. The van der Waals surface area contributed by atoms with Gasteiger partial charge in [0.05, 0.1) is 25.4 Å². The fourth-order valence-electron chi connectivity index (χ4n) is 3.35. The number of rotatable bonds is 3. The van der Waals surface area contributed by atoms with Crippen LogP contribution in [0.2, 0.25) is 0 Å². The summed E-state index contributed by atoms with van der Waals surface area (Å²) in [6, 6.07) is 0. The summed E-state index contributed by atoms with van der Waals surface area (Å²) >= 11 is 0. The molecule has 1 aliphatic carbocycles. The minimum atomic E-state index is -0.456. The van der Waals surface area contributed by atoms with Crippen molar-refractivity contribution in [2.24, 2.45) is 0 Å². The largest absolute Gasteiger partial charge is 0.465 e. The Morgan fingerprint density at radius 1 is 0.913 bits per heavy atom. The second-order valence-electron chi connectivity index (χ2n) is 6.07. The van der Waals surface area contributed by atoms with E-state index in [0.29, 0.717) is 11.1 Å². The van der Waals surface area contributed by atoms with Crippen LogP contribution in [0.15, 0.2) is 22.9 Å². The van der Waals surface area contributed by atoms with Crippen molar-refractivity contribution in [2.75, 3.05) is 27.3 Å². The summed E-state index contributed by atoms with van der Waals surface area (Å²) < 4.78 is 9.93. The summed E-state index contributed by atoms with van der Waals surface area (Å²) in [6.45, 7) is 1.87. The van der Waals surface area contributed by atoms with Crippen LogP contribution in [-0.2, 0) is 19.1 Å². The molecule has 1 saturated heterocycles. The molecule has 128 valence electrons. The second kappa shape index (κ2) is 8.75. The van der Waals surface area contributed by atoms with Crippen molar-refractivity contribution in [3.63, 3.8) is 0 Å². The first-order valence-corrected chi connectivity index (χ1v) is 8.54. The summed E-state index contributed by atoms with van der Waals surface area (Å²) in [6.07, 6.45) is 10.0. The van der Waals surface area contributed by atoms with E-state index in [-0.39, 0.29) is 0 Å². The molecule has 1 heterocycles. The Labute approximate surface area is 138 Å². The highest BCUT2D eigenvalue weighted by Crippen LogP contribution is 2.29. The molecule has 0 aromatic rings. The summed E-state index contributed by atoms with van der Waals surface area (Å²) in [7, 11) is 2.72. The average molecular weight is 321 g/mol. The average Bonchev–Trinajstić information content (AvgIpc) is 3.11. The molecule has 0 aromatic carbocycles. The normalized spacial score (nSPS) is 25.5. The third-order valence-corrected chi connectivity index (χ3v) is 4.56. The van der Waals surface area contributed by atoms with Crippen LogP contribution >= 0.6 is 0 Å². The van der Waals surface area contributed by atoms with Gasteiger partial charge in [-0.05, 0) is 38.5 Å². The van der Waals surface area contributed by atoms with Crippen molar-refractivity contribution in [1.29, 1.82) is 0 Å². The van der Waals surface area contributed by atoms with Crippen LogP contribution in [0.3, 0.4) is 0 Å². The Hall–Kier alpha value is -1.78. The molecular weight excluding hydrogens is 294 g/mol. The number of hydrogen-bond donors (Lipinski definition) is 0. The van der Waals surface area contributed by atoms with E-state index in [0.717, 1.165) is 70.2 Å². The van der Waals surface area contributed by atoms with E-state index in [1.165, 1.54) is 14.2 Å². The van der Waals surface area contributed by atoms with Gasteiger partial charge in [0.2, 0.25) is 0 Å². The van der Waals surface area contributed by atoms with Crippen LogP contribution in [0.1, 0.15) is 51.4 Å². The Morgan fingerprint density at radius 3 is 2.22 bits per heavy atom. The first-order chi connectivity index (χ1) is 11.2. The standard InChI is InChI=1S/C18H27NO4/c1-22-17(20)14-10-6-4-3-5-7-11-15(16(14)18(21)23-2)19-12-8-9-13-19/h10H,3-9,11-13H2,1-2H3/b14-10-,16-15-. The molecule has 0 saturated carbocycles. The van der Waals surface area contributed by atoms with Gasteiger partial charge in [-0.25, -0.2) is 9.59 Å². The Balaban J connectivity index is 2.52. The fraction of sp³-hybridized carbons (Fsp3) is 0.667. The molecule has 5 heteroatoms. The van der Waals surface area contributed by atoms with Crippen molar-refractivity contribution in [1.82, 2.24) is 4.90 Å². The molecule has 0 aromatic heterocycles. The summed E-state index contributed by atoms with van der Waals surface area (Å²) in [5, 5.41) is 0. The van der Waals surface area contributed by atoms with E-state index in [9.17, 15) is 9.59 Å². The predicted octanol–water partition coefficient (Wildman–Crippen LogP) is 2.96. The lowest BCUT2D eigenvalue weighted by Gasteiger charge is -2.26. The van der Waals surface area contributed by atoms with Crippen LogP contribution in [0.5, 0.6) is 0 Å². The van der Waals surface area contributed by atoms with Crippen molar-refractivity contribution < 1.29 is 19.1 Å². The van der Waals surface area contributed by atoms with Gasteiger partial charge in [0.25, 0.3) is 0 Å². The van der Waals surface area contributed by atoms with Gasteiger partial charge >= 0.3 is 11.9 Å². The van der Waals surface area contributed by atoms with Crippen molar-refractivity contribution in [3.8, 4) is 0 Å². The Morgan fingerprint density at radius 2 is 1.57 bits per heavy atom. The maximum atomic E-state index is 12.5. The number of esters is 2. The second-order valence-corrected chi connectivity index (χ2v) is 6.07. The zero-order chi connectivity index (χ0) is 16.7. The lowest BCUT2D eigenvalue weighted by Crippen LogP contribution is -2.26. The van der Waals surface area contributed by atoms with E-state index in [1.54, 1.807) is 0 Å². The highest BCUT2D eigenvalue weighted by atomic mass is 16.5. The van der Waals surface area contributed by atoms with Crippen LogP contribution in [0.4, 0.5) is 0 Å². The molecule has 0 radical (unpaired) electrons. The molecule has 2 aliphatic rings. The number of nitrogens with zero attached hydrogens (tertiary/aromatic N) is 1. The number of hydrogen-bond acceptors (Lipinski definition) is 5. The molecule has 1 aliphatic heterocycles. The molecule has 23 heavy (non-hydrogen) atoms. The lowest BCUT2D eigenvalue weighted by atomic mass is 9.95. The molecule has 1 fully saturated rings.